The molecule has 114 valence electrons. The van der Waals surface area contributed by atoms with Gasteiger partial charge in [0.2, 0.25) is 11.8 Å². The number of amides is 2. The van der Waals surface area contributed by atoms with Crippen molar-refractivity contribution >= 4 is 23.2 Å². The average Bonchev–Trinajstić information content (AvgIpc) is 2.95. The summed E-state index contributed by atoms with van der Waals surface area (Å²) in [7, 11) is 0. The standard InChI is InChI=1S/C16H17N3O2S/c20-14-10-19(7-6-17-14)16(21)9-13-11-22-15(18-13)8-12-4-2-1-3-5-12/h1-5,11H,6-10H2,(H,17,20). The summed E-state index contributed by atoms with van der Waals surface area (Å²) in [6.45, 7) is 1.26. The SMILES string of the molecule is O=C1CN(C(=O)Cc2csc(Cc3ccccc3)n2)CCN1. The number of carbonyl (C=O) groups excluding carboxylic acids is 2. The van der Waals surface area contributed by atoms with Crippen LogP contribution in [-0.4, -0.2) is 41.3 Å². The van der Waals surface area contributed by atoms with Crippen LogP contribution in [0.3, 0.4) is 0 Å². The molecule has 1 N–H and O–H groups in total. The Labute approximate surface area is 133 Å². The maximum atomic E-state index is 12.2. The minimum atomic E-state index is -0.0948. The van der Waals surface area contributed by atoms with Crippen LogP contribution >= 0.6 is 11.3 Å². The molecule has 6 heteroatoms. The van der Waals surface area contributed by atoms with E-state index in [2.05, 4.69) is 22.4 Å². The monoisotopic (exact) mass is 315 g/mol. The third-order valence-electron chi connectivity index (χ3n) is 3.52. The van der Waals surface area contributed by atoms with Crippen molar-refractivity contribution in [3.8, 4) is 0 Å². The summed E-state index contributed by atoms with van der Waals surface area (Å²) in [5, 5.41) is 5.65. The molecule has 3 rings (SSSR count). The van der Waals surface area contributed by atoms with Gasteiger partial charge in [-0.2, -0.15) is 0 Å². The van der Waals surface area contributed by atoms with E-state index < -0.39 is 0 Å². The van der Waals surface area contributed by atoms with Gasteiger partial charge in [-0.15, -0.1) is 11.3 Å². The van der Waals surface area contributed by atoms with Gasteiger partial charge in [0.15, 0.2) is 0 Å². The number of benzene rings is 1. The molecule has 5 nitrogen and oxygen atoms in total. The highest BCUT2D eigenvalue weighted by Gasteiger charge is 2.21. The van der Waals surface area contributed by atoms with Crippen molar-refractivity contribution in [2.24, 2.45) is 0 Å². The largest absolute Gasteiger partial charge is 0.353 e. The van der Waals surface area contributed by atoms with Gasteiger partial charge in [0, 0.05) is 24.9 Å². The highest BCUT2D eigenvalue weighted by atomic mass is 32.1. The minimum absolute atomic E-state index is 0.0357. The molecular weight excluding hydrogens is 298 g/mol. The number of hydrogen-bond donors (Lipinski definition) is 1. The summed E-state index contributed by atoms with van der Waals surface area (Å²) < 4.78 is 0. The van der Waals surface area contributed by atoms with Crippen LogP contribution in [0.15, 0.2) is 35.7 Å². The summed E-state index contributed by atoms with van der Waals surface area (Å²) in [4.78, 5) is 29.6. The van der Waals surface area contributed by atoms with Crippen LogP contribution in [0.5, 0.6) is 0 Å². The van der Waals surface area contributed by atoms with E-state index in [0.29, 0.717) is 13.1 Å². The molecule has 1 fully saturated rings. The third-order valence-corrected chi connectivity index (χ3v) is 4.42. The van der Waals surface area contributed by atoms with E-state index in [9.17, 15) is 9.59 Å². The molecule has 0 atom stereocenters. The van der Waals surface area contributed by atoms with Crippen LogP contribution in [0.4, 0.5) is 0 Å². The number of nitrogens with one attached hydrogen (secondary N) is 1. The Hall–Kier alpha value is -2.21. The van der Waals surface area contributed by atoms with Crippen LogP contribution in [0, 0.1) is 0 Å². The van der Waals surface area contributed by atoms with Crippen molar-refractivity contribution in [3.05, 3.63) is 52.0 Å². The van der Waals surface area contributed by atoms with Crippen molar-refractivity contribution in [2.75, 3.05) is 19.6 Å². The van der Waals surface area contributed by atoms with Crippen LogP contribution in [0.2, 0.25) is 0 Å². The molecule has 1 aliphatic heterocycles. The molecular formula is C16H17N3O2S. The molecule has 0 radical (unpaired) electrons. The Kier molecular flexibility index (Phi) is 4.48. The second kappa shape index (κ2) is 6.70. The van der Waals surface area contributed by atoms with Crippen LogP contribution in [0.1, 0.15) is 16.3 Å². The second-order valence-corrected chi connectivity index (χ2v) is 6.18. The maximum Gasteiger partial charge on any atom is 0.239 e. The zero-order chi connectivity index (χ0) is 15.4. The molecule has 0 bridgehead atoms. The number of carbonyl (C=O) groups is 2. The van der Waals surface area contributed by atoms with E-state index in [1.807, 2.05) is 23.6 Å². The first-order valence-corrected chi connectivity index (χ1v) is 8.10. The molecule has 0 unspecified atom stereocenters. The summed E-state index contributed by atoms with van der Waals surface area (Å²) in [6.07, 6.45) is 1.05. The number of aromatic nitrogens is 1. The van der Waals surface area contributed by atoms with Crippen LogP contribution in [0.25, 0.3) is 0 Å². The zero-order valence-corrected chi connectivity index (χ0v) is 12.9. The van der Waals surface area contributed by atoms with Gasteiger partial charge in [-0.25, -0.2) is 4.98 Å². The highest BCUT2D eigenvalue weighted by molar-refractivity contribution is 7.09. The van der Waals surface area contributed by atoms with Gasteiger partial charge in [-0.1, -0.05) is 30.3 Å². The summed E-state index contributed by atoms with van der Waals surface area (Å²) >= 11 is 1.57. The normalized spacial score (nSPS) is 14.7. The summed E-state index contributed by atoms with van der Waals surface area (Å²) in [5.74, 6) is -0.131. The summed E-state index contributed by atoms with van der Waals surface area (Å²) in [5.41, 5.74) is 1.99. The molecule has 0 saturated carbocycles. The predicted octanol–water partition coefficient (Wildman–Crippen LogP) is 1.23. The number of thiazole rings is 1. The Morgan fingerprint density at radius 1 is 1.32 bits per heavy atom. The first kappa shape index (κ1) is 14.7. The topological polar surface area (TPSA) is 62.3 Å². The van der Waals surface area contributed by atoms with Crippen LogP contribution < -0.4 is 5.32 Å². The number of hydrogen-bond acceptors (Lipinski definition) is 4. The zero-order valence-electron chi connectivity index (χ0n) is 12.1. The van der Waals surface area contributed by atoms with E-state index in [1.165, 1.54) is 5.56 Å². The Morgan fingerprint density at radius 3 is 2.91 bits per heavy atom. The quantitative estimate of drug-likeness (QED) is 0.923. The lowest BCUT2D eigenvalue weighted by atomic mass is 10.2. The van der Waals surface area contributed by atoms with Crippen molar-refractivity contribution in [1.29, 1.82) is 0 Å². The van der Waals surface area contributed by atoms with Crippen molar-refractivity contribution in [3.63, 3.8) is 0 Å². The molecule has 1 aliphatic rings. The fourth-order valence-corrected chi connectivity index (χ4v) is 3.23. The lowest BCUT2D eigenvalue weighted by Gasteiger charge is -2.26. The van der Waals surface area contributed by atoms with E-state index in [1.54, 1.807) is 16.2 Å². The number of rotatable bonds is 4. The molecule has 1 saturated heterocycles. The molecule has 22 heavy (non-hydrogen) atoms. The Morgan fingerprint density at radius 2 is 2.14 bits per heavy atom. The van der Waals surface area contributed by atoms with Gasteiger partial charge in [0.05, 0.1) is 23.7 Å². The lowest BCUT2D eigenvalue weighted by molar-refractivity contribution is -0.137. The fourth-order valence-electron chi connectivity index (χ4n) is 2.40. The maximum absolute atomic E-state index is 12.2. The van der Waals surface area contributed by atoms with Gasteiger partial charge in [0.25, 0.3) is 0 Å². The second-order valence-electron chi connectivity index (χ2n) is 5.24. The van der Waals surface area contributed by atoms with Crippen molar-refractivity contribution in [1.82, 2.24) is 15.2 Å². The third kappa shape index (κ3) is 3.71. The first-order valence-electron chi connectivity index (χ1n) is 7.22. The number of piperazine rings is 1. The van der Waals surface area contributed by atoms with Crippen molar-refractivity contribution in [2.45, 2.75) is 12.8 Å². The molecule has 0 spiro atoms. The lowest BCUT2D eigenvalue weighted by Crippen LogP contribution is -2.50. The van der Waals surface area contributed by atoms with Gasteiger partial charge >= 0.3 is 0 Å². The minimum Gasteiger partial charge on any atom is -0.353 e. The molecule has 1 aromatic carbocycles. The highest BCUT2D eigenvalue weighted by Crippen LogP contribution is 2.15. The van der Waals surface area contributed by atoms with Crippen molar-refractivity contribution < 1.29 is 9.59 Å². The van der Waals surface area contributed by atoms with Crippen LogP contribution in [-0.2, 0) is 22.4 Å². The van der Waals surface area contributed by atoms with Gasteiger partial charge in [0.1, 0.15) is 0 Å². The van der Waals surface area contributed by atoms with Gasteiger partial charge < -0.3 is 10.2 Å². The smallest absolute Gasteiger partial charge is 0.239 e. The van der Waals surface area contributed by atoms with E-state index in [0.717, 1.165) is 17.1 Å². The molecule has 1 aromatic heterocycles. The Bertz CT molecular complexity index is 669. The molecule has 2 amide bonds. The first-order chi connectivity index (χ1) is 10.7. The summed E-state index contributed by atoms with van der Waals surface area (Å²) in [6, 6.07) is 10.1. The van der Waals surface area contributed by atoms with Gasteiger partial charge in [-0.3, -0.25) is 9.59 Å². The van der Waals surface area contributed by atoms with E-state index in [-0.39, 0.29) is 24.8 Å². The fraction of sp³-hybridized carbons (Fsp3) is 0.312. The molecule has 2 heterocycles. The van der Waals surface area contributed by atoms with E-state index in [4.69, 9.17) is 0 Å². The van der Waals surface area contributed by atoms with Gasteiger partial charge in [-0.05, 0) is 5.56 Å². The molecule has 0 aliphatic carbocycles. The average molecular weight is 315 g/mol. The Balaban J connectivity index is 1.59. The predicted molar refractivity (Wildman–Crippen MR) is 84.7 cm³/mol. The molecule has 2 aromatic rings. The number of nitrogens with zero attached hydrogens (tertiary/aromatic N) is 2. The van der Waals surface area contributed by atoms with E-state index >= 15 is 0 Å².